The molecule has 1 aliphatic carbocycles. The van der Waals surface area contributed by atoms with E-state index in [1.807, 2.05) is 30.5 Å². The largest absolute Gasteiger partial charge is 0.380 e. The number of carbonyl (C=O) groups is 1. The number of amides is 1. The molecule has 4 nitrogen and oxygen atoms in total. The van der Waals surface area contributed by atoms with Crippen LogP contribution in [0.4, 0.5) is 5.69 Å². The lowest BCUT2D eigenvalue weighted by Crippen LogP contribution is -2.47. The van der Waals surface area contributed by atoms with Gasteiger partial charge < -0.3 is 10.6 Å². The molecule has 0 radical (unpaired) electrons. The van der Waals surface area contributed by atoms with Gasteiger partial charge in [-0.25, -0.2) is 0 Å². The number of hydrogen-bond donors (Lipinski definition) is 2. The first-order chi connectivity index (χ1) is 13.2. The maximum absolute atomic E-state index is 12.7. The van der Waals surface area contributed by atoms with Gasteiger partial charge in [0.2, 0.25) is 5.91 Å². The van der Waals surface area contributed by atoms with E-state index in [0.29, 0.717) is 24.3 Å². The van der Waals surface area contributed by atoms with E-state index in [0.717, 1.165) is 17.8 Å². The Kier molecular flexibility index (Phi) is 5.42. The summed E-state index contributed by atoms with van der Waals surface area (Å²) >= 11 is 0. The van der Waals surface area contributed by atoms with Crippen LogP contribution in [0.3, 0.4) is 0 Å². The summed E-state index contributed by atoms with van der Waals surface area (Å²) in [6.45, 7) is 2.26. The van der Waals surface area contributed by atoms with E-state index in [-0.39, 0.29) is 11.9 Å². The number of anilines is 1. The first kappa shape index (κ1) is 18.0. The Bertz CT molecular complexity index is 770. The number of nitrogens with one attached hydrogen (secondary N) is 2. The molecule has 1 aromatic carbocycles. The van der Waals surface area contributed by atoms with E-state index in [9.17, 15) is 4.79 Å². The van der Waals surface area contributed by atoms with Crippen LogP contribution >= 0.6 is 0 Å². The van der Waals surface area contributed by atoms with Gasteiger partial charge in [0, 0.05) is 24.6 Å². The van der Waals surface area contributed by atoms with Crippen molar-refractivity contribution in [3.63, 3.8) is 0 Å². The Morgan fingerprint density at radius 1 is 1.15 bits per heavy atom. The fraction of sp³-hybridized carbons (Fsp3) is 0.478. The van der Waals surface area contributed by atoms with E-state index >= 15 is 0 Å². The van der Waals surface area contributed by atoms with Crippen molar-refractivity contribution in [2.24, 2.45) is 11.8 Å². The fourth-order valence-electron chi connectivity index (χ4n) is 4.77. The van der Waals surface area contributed by atoms with E-state index in [1.165, 1.54) is 31.2 Å². The summed E-state index contributed by atoms with van der Waals surface area (Å²) in [4.78, 5) is 17.3. The van der Waals surface area contributed by atoms with Crippen LogP contribution in [-0.4, -0.2) is 16.9 Å². The monoisotopic (exact) mass is 363 g/mol. The van der Waals surface area contributed by atoms with E-state index in [4.69, 9.17) is 0 Å². The highest BCUT2D eigenvalue weighted by atomic mass is 16.1. The summed E-state index contributed by atoms with van der Waals surface area (Å²) in [7, 11) is 0. The number of aryl methyl sites for hydroxylation is 1. The molecule has 4 rings (SSSR count). The smallest absolute Gasteiger partial charge is 0.220 e. The Balaban J connectivity index is 1.48. The van der Waals surface area contributed by atoms with Gasteiger partial charge in [-0.2, -0.15) is 0 Å². The molecule has 2 N–H and O–H groups in total. The molecule has 1 fully saturated rings. The van der Waals surface area contributed by atoms with Crippen molar-refractivity contribution >= 4 is 11.6 Å². The van der Waals surface area contributed by atoms with Gasteiger partial charge in [0.15, 0.2) is 0 Å². The minimum Gasteiger partial charge on any atom is -0.380 e. The molecular formula is C23H29N3O. The first-order valence-electron chi connectivity index (χ1n) is 10.3. The lowest BCUT2D eigenvalue weighted by molar-refractivity contribution is -0.122. The summed E-state index contributed by atoms with van der Waals surface area (Å²) in [5.74, 6) is 1.13. The van der Waals surface area contributed by atoms with Gasteiger partial charge in [0.05, 0.1) is 17.4 Å². The molecule has 2 heterocycles. The van der Waals surface area contributed by atoms with Gasteiger partial charge in [-0.1, -0.05) is 50.1 Å². The van der Waals surface area contributed by atoms with Crippen molar-refractivity contribution in [1.29, 1.82) is 0 Å². The van der Waals surface area contributed by atoms with Crippen LogP contribution in [0.15, 0.2) is 48.7 Å². The Morgan fingerprint density at radius 2 is 1.93 bits per heavy atom. The molecule has 2 aromatic rings. The van der Waals surface area contributed by atoms with E-state index in [1.54, 1.807) is 0 Å². The summed E-state index contributed by atoms with van der Waals surface area (Å²) in [6.07, 6.45) is 8.32. The van der Waals surface area contributed by atoms with Crippen molar-refractivity contribution in [2.45, 2.75) is 57.5 Å². The number of fused-ring (bicyclic) bond motifs is 1. The first-order valence-corrected chi connectivity index (χ1v) is 10.3. The number of nitrogens with zero attached hydrogens (tertiary/aromatic N) is 1. The molecule has 1 saturated carbocycles. The lowest BCUT2D eigenvalue weighted by atomic mass is 9.79. The van der Waals surface area contributed by atoms with Gasteiger partial charge in [-0.3, -0.25) is 9.78 Å². The molecule has 1 amide bonds. The second kappa shape index (κ2) is 8.12. The van der Waals surface area contributed by atoms with Gasteiger partial charge in [0.25, 0.3) is 0 Å². The molecule has 27 heavy (non-hydrogen) atoms. The highest BCUT2D eigenvalue weighted by Crippen LogP contribution is 2.41. The maximum Gasteiger partial charge on any atom is 0.220 e. The van der Waals surface area contributed by atoms with Gasteiger partial charge in [-0.05, 0) is 42.9 Å². The zero-order valence-electron chi connectivity index (χ0n) is 16.0. The van der Waals surface area contributed by atoms with E-state index < -0.39 is 0 Å². The molecule has 1 aromatic heterocycles. The average molecular weight is 364 g/mol. The Hall–Kier alpha value is -2.36. The van der Waals surface area contributed by atoms with Crippen molar-refractivity contribution in [1.82, 2.24) is 10.3 Å². The highest BCUT2D eigenvalue weighted by molar-refractivity contribution is 5.77. The second-order valence-corrected chi connectivity index (χ2v) is 8.04. The Labute approximate surface area is 161 Å². The topological polar surface area (TPSA) is 54.0 Å². The van der Waals surface area contributed by atoms with Crippen LogP contribution in [0.25, 0.3) is 0 Å². The van der Waals surface area contributed by atoms with Crippen LogP contribution in [0.2, 0.25) is 0 Å². The standard InChI is InChI=1S/C23H29N3O/c1-16-21(18-10-5-6-11-18)25-19-12-7-15-24-23(19)22(16)26-20(27)14-13-17-8-3-2-4-9-17/h2-4,7-9,12,15-16,18,21-22,25H,5-6,10-11,13-14H2,1H3,(H,26,27). The molecule has 0 spiro atoms. The number of benzene rings is 1. The predicted molar refractivity (Wildman–Crippen MR) is 108 cm³/mol. The molecule has 2 aliphatic rings. The number of carbonyl (C=O) groups excluding carboxylic acids is 1. The molecular weight excluding hydrogens is 334 g/mol. The van der Waals surface area contributed by atoms with Crippen molar-refractivity contribution in [3.05, 3.63) is 59.9 Å². The molecule has 4 heteroatoms. The lowest BCUT2D eigenvalue weighted by Gasteiger charge is -2.41. The van der Waals surface area contributed by atoms with E-state index in [2.05, 4.69) is 40.7 Å². The molecule has 3 unspecified atom stereocenters. The highest BCUT2D eigenvalue weighted by Gasteiger charge is 2.39. The summed E-state index contributed by atoms with van der Waals surface area (Å²) in [5, 5.41) is 7.04. The van der Waals surface area contributed by atoms with Crippen LogP contribution in [0, 0.1) is 11.8 Å². The molecule has 3 atom stereocenters. The number of rotatable bonds is 5. The van der Waals surface area contributed by atoms with Gasteiger partial charge in [-0.15, -0.1) is 0 Å². The molecule has 142 valence electrons. The van der Waals surface area contributed by atoms with Gasteiger partial charge in [0.1, 0.15) is 0 Å². The van der Waals surface area contributed by atoms with Crippen LogP contribution in [-0.2, 0) is 11.2 Å². The summed E-state index contributed by atoms with van der Waals surface area (Å²) in [5.41, 5.74) is 3.27. The van der Waals surface area contributed by atoms with Crippen LogP contribution < -0.4 is 10.6 Å². The quantitative estimate of drug-likeness (QED) is 0.823. The third-order valence-electron chi connectivity index (χ3n) is 6.26. The zero-order valence-corrected chi connectivity index (χ0v) is 16.0. The molecule has 0 bridgehead atoms. The number of pyridine rings is 1. The minimum absolute atomic E-state index is 0.0173. The van der Waals surface area contributed by atoms with Crippen LogP contribution in [0.1, 0.15) is 56.3 Å². The second-order valence-electron chi connectivity index (χ2n) is 8.04. The number of aromatic nitrogens is 1. The summed E-state index contributed by atoms with van der Waals surface area (Å²) in [6, 6.07) is 14.7. The zero-order chi connectivity index (χ0) is 18.6. The third kappa shape index (κ3) is 4.00. The molecule has 1 aliphatic heterocycles. The van der Waals surface area contributed by atoms with Crippen molar-refractivity contribution in [3.8, 4) is 0 Å². The average Bonchev–Trinajstić information content (AvgIpc) is 3.24. The fourth-order valence-corrected chi connectivity index (χ4v) is 4.77. The van der Waals surface area contributed by atoms with Crippen molar-refractivity contribution in [2.75, 3.05) is 5.32 Å². The van der Waals surface area contributed by atoms with Crippen LogP contribution in [0.5, 0.6) is 0 Å². The normalized spacial score (nSPS) is 24.9. The SMILES string of the molecule is CC1C(NC(=O)CCc2ccccc2)c2ncccc2NC1C1CCCC1. The minimum atomic E-state index is -0.0173. The third-order valence-corrected chi connectivity index (χ3v) is 6.26. The summed E-state index contributed by atoms with van der Waals surface area (Å²) < 4.78 is 0. The Morgan fingerprint density at radius 3 is 2.70 bits per heavy atom. The predicted octanol–water partition coefficient (Wildman–Crippen LogP) is 4.49. The molecule has 0 saturated heterocycles. The number of hydrogen-bond acceptors (Lipinski definition) is 3. The van der Waals surface area contributed by atoms with Crippen molar-refractivity contribution < 1.29 is 4.79 Å². The van der Waals surface area contributed by atoms with Gasteiger partial charge >= 0.3 is 0 Å². The maximum atomic E-state index is 12.7.